The van der Waals surface area contributed by atoms with Gasteiger partial charge in [-0.2, -0.15) is 0 Å². The molecule has 9 nitrogen and oxygen atoms in total. The first-order valence-corrected chi connectivity index (χ1v) is 21.0. The minimum absolute atomic E-state index is 0.00176. The number of aliphatic hydroxyl groups excluding tert-OH is 2. The van der Waals surface area contributed by atoms with Gasteiger partial charge in [0.2, 0.25) is 5.76 Å². The lowest BCUT2D eigenvalue weighted by atomic mass is 9.76. The summed E-state index contributed by atoms with van der Waals surface area (Å²) in [7, 11) is 0.960. The zero-order valence-corrected chi connectivity index (χ0v) is 33.0. The van der Waals surface area contributed by atoms with E-state index >= 15 is 0 Å². The molecular weight excluding hydrogens is 628 g/mol. The lowest BCUT2D eigenvalue weighted by Gasteiger charge is -2.51. The average Bonchev–Trinajstić information content (AvgIpc) is 2.99. The first kappa shape index (κ1) is 42.4. The summed E-state index contributed by atoms with van der Waals surface area (Å²) in [4.78, 5) is 13.6. The van der Waals surface area contributed by atoms with E-state index < -0.39 is 56.3 Å². The summed E-state index contributed by atoms with van der Waals surface area (Å²) in [6.45, 7) is 24.0. The SMILES string of the molecule is CO/C1=C\C(C)=C\[C@@H](C)[C@@H](O)[C@H](C)C/C(C)=C/C=C/[C@H](OC)[C@@H]([C@@H](C)[C@@H](O)[C@H](C)[C@@]2(O)C[C@@H](O[Si](C)(C)C)[C@H](C)[C@@H](C(C)C)O2)OC1=O. The number of esters is 1. The molecule has 0 amide bonds. The lowest BCUT2D eigenvalue weighted by Crippen LogP contribution is -2.60. The molecule has 0 radical (unpaired) electrons. The van der Waals surface area contributed by atoms with Crippen LogP contribution in [0.3, 0.4) is 0 Å². The number of hydrogen-bond donors (Lipinski definition) is 3. The van der Waals surface area contributed by atoms with Gasteiger partial charge in [-0.1, -0.05) is 83.9 Å². The standard InChI is InChI=1S/C38H66O9Si/c1-22(2)35-27(7)32(47-48(12,13)14)21-38(42,46-35)29(9)34(40)28(8)36-30(43-10)17-15-16-23(3)18-25(5)33(39)26(6)19-24(4)20-31(44-11)37(41)45-36/h15-17,19-20,22,25-30,32-36,39-40,42H,18,21H2,1-14H3/b17-15+,23-16+,24-19+,31-20-/t25-,26-,27+,28+,29+,30+,32-,33+,34-,35-,36-,38-/m1/s1. The molecule has 2 aliphatic rings. The van der Waals surface area contributed by atoms with Crippen LogP contribution in [0.1, 0.15) is 75.2 Å². The molecule has 3 N–H and O–H groups in total. The van der Waals surface area contributed by atoms with Crippen LogP contribution in [0.4, 0.5) is 0 Å². The first-order valence-electron chi connectivity index (χ1n) is 17.6. The first-order chi connectivity index (χ1) is 22.1. The third-order valence-electron chi connectivity index (χ3n) is 9.97. The van der Waals surface area contributed by atoms with Gasteiger partial charge >= 0.3 is 5.97 Å². The maximum Gasteiger partial charge on any atom is 0.373 e. The Kier molecular flexibility index (Phi) is 15.8. The monoisotopic (exact) mass is 694 g/mol. The third kappa shape index (κ3) is 11.4. The summed E-state index contributed by atoms with van der Waals surface area (Å²) in [5.74, 6) is -3.89. The van der Waals surface area contributed by atoms with Crippen molar-refractivity contribution in [3.05, 3.63) is 47.3 Å². The molecule has 0 spiro atoms. The molecule has 2 heterocycles. The van der Waals surface area contributed by atoms with E-state index in [2.05, 4.69) is 40.4 Å². The molecule has 12 atom stereocenters. The van der Waals surface area contributed by atoms with Crippen LogP contribution >= 0.6 is 0 Å². The number of aliphatic hydroxyl groups is 3. The summed E-state index contributed by atoms with van der Waals surface area (Å²) in [6, 6.07) is 0. The number of hydrogen-bond acceptors (Lipinski definition) is 9. The number of carbonyl (C=O) groups excluding carboxylic acids is 1. The highest BCUT2D eigenvalue weighted by Gasteiger charge is 2.53. The predicted octanol–water partition coefficient (Wildman–Crippen LogP) is 6.55. The summed E-state index contributed by atoms with van der Waals surface area (Å²) >= 11 is 0. The number of rotatable bonds is 9. The maximum atomic E-state index is 13.6. The van der Waals surface area contributed by atoms with Gasteiger partial charge in [-0.15, -0.1) is 0 Å². The van der Waals surface area contributed by atoms with E-state index in [4.69, 9.17) is 23.4 Å². The van der Waals surface area contributed by atoms with Crippen molar-refractivity contribution in [1.82, 2.24) is 0 Å². The van der Waals surface area contributed by atoms with Crippen LogP contribution < -0.4 is 0 Å². The molecule has 1 saturated heterocycles. The fourth-order valence-electron chi connectivity index (χ4n) is 7.12. The second kappa shape index (κ2) is 17.9. The van der Waals surface area contributed by atoms with E-state index in [0.717, 1.165) is 11.1 Å². The van der Waals surface area contributed by atoms with Crippen LogP contribution in [0, 0.1) is 35.5 Å². The molecule has 0 aliphatic carbocycles. The quantitative estimate of drug-likeness (QED) is 0.182. The summed E-state index contributed by atoms with van der Waals surface area (Å²) in [5.41, 5.74) is 1.81. The van der Waals surface area contributed by atoms with Gasteiger partial charge in [-0.3, -0.25) is 0 Å². The van der Waals surface area contributed by atoms with Gasteiger partial charge < -0.3 is 38.7 Å². The highest BCUT2D eigenvalue weighted by Crippen LogP contribution is 2.43. The molecule has 0 aromatic heterocycles. The van der Waals surface area contributed by atoms with Crippen LogP contribution in [0.25, 0.3) is 0 Å². The summed E-state index contributed by atoms with van der Waals surface area (Å²) in [5, 5.41) is 35.1. The zero-order valence-electron chi connectivity index (χ0n) is 32.0. The zero-order chi connectivity index (χ0) is 36.7. The second-order valence-electron chi connectivity index (χ2n) is 15.8. The van der Waals surface area contributed by atoms with Gasteiger partial charge in [-0.05, 0) is 57.8 Å². The van der Waals surface area contributed by atoms with Crippen LogP contribution in [0.5, 0.6) is 0 Å². The Hall–Kier alpha value is -1.79. The Balaban J connectivity index is 2.56. The smallest absolute Gasteiger partial charge is 0.373 e. The molecule has 0 unspecified atom stereocenters. The minimum Gasteiger partial charge on any atom is -0.490 e. The van der Waals surface area contributed by atoms with Crippen LogP contribution in [0.2, 0.25) is 19.6 Å². The van der Waals surface area contributed by atoms with Crippen LogP contribution in [0.15, 0.2) is 47.3 Å². The van der Waals surface area contributed by atoms with Crippen molar-refractivity contribution in [3.8, 4) is 0 Å². The number of cyclic esters (lactones) is 1. The number of methoxy groups -OCH3 is 2. The average molecular weight is 695 g/mol. The lowest BCUT2D eigenvalue weighted by molar-refractivity contribution is -0.327. The molecule has 1 fully saturated rings. The number of ether oxygens (including phenoxy) is 4. The Labute approximate surface area is 291 Å². The Morgan fingerprint density at radius 1 is 1.04 bits per heavy atom. The van der Waals surface area contributed by atoms with Gasteiger partial charge in [0.15, 0.2) is 14.1 Å². The fraction of sp³-hybridized carbons (Fsp3) is 0.763. The Morgan fingerprint density at radius 2 is 1.67 bits per heavy atom. The van der Waals surface area contributed by atoms with E-state index in [1.165, 1.54) is 14.2 Å². The van der Waals surface area contributed by atoms with Gasteiger partial charge in [0, 0.05) is 37.2 Å². The molecule has 48 heavy (non-hydrogen) atoms. The molecule has 0 bridgehead atoms. The van der Waals surface area contributed by atoms with E-state index in [9.17, 15) is 20.1 Å². The predicted molar refractivity (Wildman–Crippen MR) is 192 cm³/mol. The minimum atomic E-state index is -1.97. The molecular formula is C38H66O9Si. The molecule has 2 aliphatic heterocycles. The maximum absolute atomic E-state index is 13.6. The molecule has 0 aromatic carbocycles. The van der Waals surface area contributed by atoms with Crippen molar-refractivity contribution in [2.24, 2.45) is 35.5 Å². The molecule has 276 valence electrons. The number of allylic oxidation sites excluding steroid dienone is 5. The number of carbonyl (C=O) groups is 1. The normalized spacial score (nSPS) is 39.1. The van der Waals surface area contributed by atoms with Crippen molar-refractivity contribution in [2.45, 2.75) is 137 Å². The third-order valence-corrected chi connectivity index (χ3v) is 11.0. The van der Waals surface area contributed by atoms with E-state index in [-0.39, 0.29) is 48.1 Å². The van der Waals surface area contributed by atoms with E-state index in [0.29, 0.717) is 6.42 Å². The fourth-order valence-corrected chi connectivity index (χ4v) is 8.33. The summed E-state index contributed by atoms with van der Waals surface area (Å²) in [6.07, 6.45) is 6.07. The van der Waals surface area contributed by atoms with Crippen LogP contribution in [-0.4, -0.2) is 86.2 Å². The van der Waals surface area contributed by atoms with Crippen molar-refractivity contribution in [1.29, 1.82) is 0 Å². The molecule has 2 rings (SSSR count). The topological polar surface area (TPSA) is 124 Å². The van der Waals surface area contributed by atoms with Crippen molar-refractivity contribution < 1.29 is 43.5 Å². The molecule has 0 saturated carbocycles. The van der Waals surface area contributed by atoms with Crippen molar-refractivity contribution in [2.75, 3.05) is 14.2 Å². The van der Waals surface area contributed by atoms with Gasteiger partial charge in [0.25, 0.3) is 0 Å². The second-order valence-corrected chi connectivity index (χ2v) is 20.2. The van der Waals surface area contributed by atoms with E-state index in [1.54, 1.807) is 26.0 Å². The summed E-state index contributed by atoms with van der Waals surface area (Å²) < 4.78 is 30.5. The van der Waals surface area contributed by atoms with Crippen LogP contribution in [-0.2, 0) is 28.2 Å². The van der Waals surface area contributed by atoms with Crippen molar-refractivity contribution in [3.63, 3.8) is 0 Å². The van der Waals surface area contributed by atoms with Gasteiger partial charge in [0.1, 0.15) is 12.2 Å². The van der Waals surface area contributed by atoms with Crippen molar-refractivity contribution >= 4 is 14.3 Å². The Bertz CT molecular complexity index is 1170. The highest BCUT2D eigenvalue weighted by molar-refractivity contribution is 6.69. The van der Waals surface area contributed by atoms with Gasteiger partial charge in [-0.25, -0.2) is 4.79 Å². The van der Waals surface area contributed by atoms with E-state index in [1.807, 2.05) is 45.9 Å². The largest absolute Gasteiger partial charge is 0.490 e. The molecule has 0 aromatic rings. The van der Waals surface area contributed by atoms with Gasteiger partial charge in [0.05, 0.1) is 31.5 Å². The highest BCUT2D eigenvalue weighted by atomic mass is 28.4. The molecule has 10 heteroatoms. The Morgan fingerprint density at radius 3 is 2.21 bits per heavy atom.